The van der Waals surface area contributed by atoms with Gasteiger partial charge in [-0.1, -0.05) is 18.5 Å². The third kappa shape index (κ3) is 2.78. The number of anilines is 1. The van der Waals surface area contributed by atoms with E-state index in [1.165, 1.54) is 6.07 Å². The summed E-state index contributed by atoms with van der Waals surface area (Å²) in [5.41, 5.74) is 5.19. The molecule has 19 heavy (non-hydrogen) atoms. The molecular weight excluding hydrogens is 270 g/mol. The normalized spacial score (nSPS) is 21.6. The highest BCUT2D eigenvalue weighted by atomic mass is 35.5. The van der Waals surface area contributed by atoms with Crippen LogP contribution in [-0.2, 0) is 0 Å². The topological polar surface area (TPSA) is 98.3 Å². The lowest BCUT2D eigenvalue weighted by Crippen LogP contribution is -2.43. The number of carbonyl (C=O) groups is 1. The van der Waals surface area contributed by atoms with Gasteiger partial charge in [0.1, 0.15) is 5.69 Å². The fourth-order valence-corrected chi connectivity index (χ4v) is 2.39. The van der Waals surface area contributed by atoms with Gasteiger partial charge < -0.3 is 11.1 Å². The summed E-state index contributed by atoms with van der Waals surface area (Å²) in [6.45, 7) is 2.10. The molecule has 0 heterocycles. The molecule has 102 valence electrons. The number of nitro groups is 1. The number of nitrogens with one attached hydrogen (secondary N) is 1. The van der Waals surface area contributed by atoms with Crippen LogP contribution in [0.4, 0.5) is 11.4 Å². The second-order valence-corrected chi connectivity index (χ2v) is 5.30. The molecule has 7 heteroatoms. The number of hydrogen-bond donors (Lipinski definition) is 2. The van der Waals surface area contributed by atoms with Crippen LogP contribution in [0.2, 0.25) is 5.02 Å². The molecule has 6 nitrogen and oxygen atoms in total. The summed E-state index contributed by atoms with van der Waals surface area (Å²) in [5.74, 6) is 0.247. The highest BCUT2D eigenvalue weighted by Gasteiger charge is 2.28. The summed E-state index contributed by atoms with van der Waals surface area (Å²) in [4.78, 5) is 22.1. The number of nitrogen functional groups attached to an aromatic ring is 1. The zero-order valence-electron chi connectivity index (χ0n) is 10.4. The number of amides is 1. The van der Waals surface area contributed by atoms with Crippen LogP contribution in [0.5, 0.6) is 0 Å². The van der Waals surface area contributed by atoms with Crippen LogP contribution in [0.3, 0.4) is 0 Å². The highest BCUT2D eigenvalue weighted by molar-refractivity contribution is 6.34. The van der Waals surface area contributed by atoms with Gasteiger partial charge in [-0.05, 0) is 24.8 Å². The lowest BCUT2D eigenvalue weighted by molar-refractivity contribution is -0.383. The predicted molar refractivity (Wildman–Crippen MR) is 72.2 cm³/mol. The van der Waals surface area contributed by atoms with Crippen LogP contribution in [0.25, 0.3) is 0 Å². The molecule has 0 spiro atoms. The van der Waals surface area contributed by atoms with Gasteiger partial charge in [-0.3, -0.25) is 14.9 Å². The molecular formula is C12H14ClN3O3. The lowest BCUT2D eigenvalue weighted by Gasteiger charge is -2.33. The van der Waals surface area contributed by atoms with Gasteiger partial charge in [0.15, 0.2) is 0 Å². The third-order valence-electron chi connectivity index (χ3n) is 3.28. The first-order chi connectivity index (χ1) is 8.88. The number of nitrogens with zero attached hydrogens (tertiary/aromatic N) is 1. The van der Waals surface area contributed by atoms with Crippen molar-refractivity contribution in [1.82, 2.24) is 5.32 Å². The fourth-order valence-electron chi connectivity index (χ4n) is 2.17. The van der Waals surface area contributed by atoms with Crippen LogP contribution in [0.15, 0.2) is 12.1 Å². The van der Waals surface area contributed by atoms with Crippen molar-refractivity contribution >= 4 is 28.9 Å². The van der Waals surface area contributed by atoms with Gasteiger partial charge in [-0.15, -0.1) is 0 Å². The van der Waals surface area contributed by atoms with E-state index in [4.69, 9.17) is 17.3 Å². The number of hydrogen-bond acceptors (Lipinski definition) is 4. The number of rotatable bonds is 3. The Bertz CT molecular complexity index is 541. The molecule has 0 aliphatic heterocycles. The van der Waals surface area contributed by atoms with Crippen molar-refractivity contribution in [3.05, 3.63) is 32.8 Å². The standard InChI is InChI=1S/C12H14ClN3O3/c1-6-2-8(3-6)15-12(17)7-4-9(13)11(14)10(5-7)16(18)19/h4-6,8H,2-3,14H2,1H3,(H,15,17). The van der Waals surface area contributed by atoms with E-state index in [1.807, 2.05) is 0 Å². The number of halogens is 1. The SMILES string of the molecule is CC1CC(NC(=O)c2cc(Cl)c(N)c([N+](=O)[O-])c2)C1. The average molecular weight is 284 g/mol. The summed E-state index contributed by atoms with van der Waals surface area (Å²) >= 11 is 5.81. The molecule has 1 aliphatic rings. The molecule has 3 N–H and O–H groups in total. The van der Waals surface area contributed by atoms with Crippen molar-refractivity contribution in [2.75, 3.05) is 5.73 Å². The van der Waals surface area contributed by atoms with E-state index in [2.05, 4.69) is 12.2 Å². The van der Waals surface area contributed by atoms with Gasteiger partial charge in [-0.25, -0.2) is 0 Å². The molecule has 0 bridgehead atoms. The molecule has 1 saturated carbocycles. The smallest absolute Gasteiger partial charge is 0.294 e. The Kier molecular flexibility index (Phi) is 3.61. The zero-order valence-corrected chi connectivity index (χ0v) is 11.1. The summed E-state index contributed by atoms with van der Waals surface area (Å²) < 4.78 is 0. The molecule has 0 saturated heterocycles. The van der Waals surface area contributed by atoms with Crippen molar-refractivity contribution in [1.29, 1.82) is 0 Å². The maximum absolute atomic E-state index is 12.0. The summed E-state index contributed by atoms with van der Waals surface area (Å²) in [6, 6.07) is 2.64. The summed E-state index contributed by atoms with van der Waals surface area (Å²) in [5, 5.41) is 13.6. The van der Waals surface area contributed by atoms with E-state index < -0.39 is 4.92 Å². The van der Waals surface area contributed by atoms with Gasteiger partial charge >= 0.3 is 0 Å². The molecule has 0 radical (unpaired) electrons. The number of nitrogens with two attached hydrogens (primary N) is 1. The number of nitro benzene ring substituents is 1. The minimum absolute atomic E-state index is 0.0151. The molecule has 0 atom stereocenters. The van der Waals surface area contributed by atoms with Crippen molar-refractivity contribution in [2.24, 2.45) is 5.92 Å². The van der Waals surface area contributed by atoms with Crippen LogP contribution in [0.1, 0.15) is 30.1 Å². The van der Waals surface area contributed by atoms with E-state index in [1.54, 1.807) is 0 Å². The Balaban J connectivity index is 2.20. The number of benzene rings is 1. The highest BCUT2D eigenvalue weighted by Crippen LogP contribution is 2.31. The first kappa shape index (κ1) is 13.6. The van der Waals surface area contributed by atoms with Crippen LogP contribution < -0.4 is 11.1 Å². The van der Waals surface area contributed by atoms with Gasteiger partial charge in [-0.2, -0.15) is 0 Å². The van der Waals surface area contributed by atoms with E-state index >= 15 is 0 Å². The molecule has 0 aromatic heterocycles. The molecule has 1 fully saturated rings. The predicted octanol–water partition coefficient (Wildman–Crippen LogP) is 2.36. The van der Waals surface area contributed by atoms with E-state index in [9.17, 15) is 14.9 Å². The maximum Gasteiger partial charge on any atom is 0.294 e. The largest absolute Gasteiger partial charge is 0.392 e. The lowest BCUT2D eigenvalue weighted by atomic mass is 9.82. The minimum Gasteiger partial charge on any atom is -0.392 e. The minimum atomic E-state index is -0.649. The first-order valence-corrected chi connectivity index (χ1v) is 6.30. The Morgan fingerprint density at radius 3 is 2.68 bits per heavy atom. The first-order valence-electron chi connectivity index (χ1n) is 5.92. The second-order valence-electron chi connectivity index (χ2n) is 4.89. The van der Waals surface area contributed by atoms with Crippen molar-refractivity contribution < 1.29 is 9.72 Å². The number of carbonyl (C=O) groups excluding carboxylic acids is 1. The zero-order chi connectivity index (χ0) is 14.2. The monoisotopic (exact) mass is 283 g/mol. The van der Waals surface area contributed by atoms with E-state index in [-0.39, 0.29) is 33.9 Å². The van der Waals surface area contributed by atoms with E-state index in [0.29, 0.717) is 5.92 Å². The van der Waals surface area contributed by atoms with Crippen LogP contribution in [0, 0.1) is 16.0 Å². The second kappa shape index (κ2) is 5.05. The Morgan fingerprint density at radius 2 is 2.16 bits per heavy atom. The van der Waals surface area contributed by atoms with Crippen molar-refractivity contribution in [2.45, 2.75) is 25.8 Å². The Hall–Kier alpha value is -1.82. The fraction of sp³-hybridized carbons (Fsp3) is 0.417. The van der Waals surface area contributed by atoms with Crippen molar-refractivity contribution in [3.63, 3.8) is 0 Å². The van der Waals surface area contributed by atoms with E-state index in [0.717, 1.165) is 18.9 Å². The van der Waals surface area contributed by atoms with Crippen LogP contribution >= 0.6 is 11.6 Å². The van der Waals surface area contributed by atoms with Gasteiger partial charge in [0.2, 0.25) is 0 Å². The van der Waals surface area contributed by atoms with Gasteiger partial charge in [0.05, 0.1) is 9.95 Å². The summed E-state index contributed by atoms with van der Waals surface area (Å²) in [6.07, 6.45) is 1.85. The molecule has 0 unspecified atom stereocenters. The van der Waals surface area contributed by atoms with Gasteiger partial charge in [0, 0.05) is 17.7 Å². The molecule has 1 aliphatic carbocycles. The Labute approximate surface area is 115 Å². The molecule has 1 aromatic carbocycles. The van der Waals surface area contributed by atoms with Gasteiger partial charge in [0.25, 0.3) is 11.6 Å². The molecule has 2 rings (SSSR count). The maximum atomic E-state index is 12.0. The van der Waals surface area contributed by atoms with Crippen LogP contribution in [-0.4, -0.2) is 16.9 Å². The Morgan fingerprint density at radius 1 is 1.53 bits per heavy atom. The summed E-state index contributed by atoms with van der Waals surface area (Å²) in [7, 11) is 0. The quantitative estimate of drug-likeness (QED) is 0.505. The molecule has 1 aromatic rings. The third-order valence-corrected chi connectivity index (χ3v) is 3.59. The molecule has 1 amide bonds. The van der Waals surface area contributed by atoms with Crippen molar-refractivity contribution in [3.8, 4) is 0 Å². The average Bonchev–Trinajstić information content (AvgIpc) is 2.29.